The third-order valence-corrected chi connectivity index (χ3v) is 2.32. The number of aromatic hydroxyl groups is 1. The minimum absolute atomic E-state index is 0.0775. The fourth-order valence-electron chi connectivity index (χ4n) is 1.20. The monoisotopic (exact) mass is 212 g/mol. The Bertz CT molecular complexity index is 334. The number of carbonyl (C=O) groups excluding carboxylic acids is 1. The SMILES string of the molecule is Cc1cc(C(=O)CCCCl)ccc1O. The van der Waals surface area contributed by atoms with Crippen LogP contribution in [0.25, 0.3) is 0 Å². The molecule has 1 rings (SSSR count). The van der Waals surface area contributed by atoms with Gasteiger partial charge in [-0.05, 0) is 37.1 Å². The van der Waals surface area contributed by atoms with E-state index in [-0.39, 0.29) is 11.5 Å². The lowest BCUT2D eigenvalue weighted by Gasteiger charge is -2.02. The van der Waals surface area contributed by atoms with Gasteiger partial charge in [-0.1, -0.05) is 0 Å². The van der Waals surface area contributed by atoms with E-state index in [1.807, 2.05) is 0 Å². The first-order chi connectivity index (χ1) is 6.65. The standard InChI is InChI=1S/C11H13ClO2/c1-8-7-9(4-5-10(8)13)11(14)3-2-6-12/h4-5,7,13H,2-3,6H2,1H3. The average Bonchev–Trinajstić information content (AvgIpc) is 2.18. The van der Waals surface area contributed by atoms with Gasteiger partial charge in [-0.25, -0.2) is 0 Å². The van der Waals surface area contributed by atoms with Gasteiger partial charge >= 0.3 is 0 Å². The molecule has 0 atom stereocenters. The Balaban J connectivity index is 2.76. The van der Waals surface area contributed by atoms with Crippen LogP contribution in [0.1, 0.15) is 28.8 Å². The van der Waals surface area contributed by atoms with E-state index in [1.54, 1.807) is 25.1 Å². The predicted octanol–water partition coefficient (Wildman–Crippen LogP) is 2.90. The van der Waals surface area contributed by atoms with E-state index in [9.17, 15) is 9.90 Å². The van der Waals surface area contributed by atoms with Crippen molar-refractivity contribution in [2.45, 2.75) is 19.8 Å². The molecule has 0 saturated carbocycles. The largest absolute Gasteiger partial charge is 0.508 e. The Labute approximate surface area is 88.5 Å². The van der Waals surface area contributed by atoms with Crippen LogP contribution in [0.4, 0.5) is 0 Å². The van der Waals surface area contributed by atoms with Crippen LogP contribution < -0.4 is 0 Å². The molecule has 0 spiro atoms. The lowest BCUT2D eigenvalue weighted by Crippen LogP contribution is -1.99. The van der Waals surface area contributed by atoms with Gasteiger partial charge in [-0.2, -0.15) is 0 Å². The van der Waals surface area contributed by atoms with E-state index in [1.165, 1.54) is 0 Å². The fourth-order valence-corrected chi connectivity index (χ4v) is 1.33. The van der Waals surface area contributed by atoms with Crippen molar-refractivity contribution < 1.29 is 9.90 Å². The molecule has 0 radical (unpaired) electrons. The van der Waals surface area contributed by atoms with Gasteiger partial charge in [-0.15, -0.1) is 11.6 Å². The summed E-state index contributed by atoms with van der Waals surface area (Å²) in [4.78, 5) is 11.5. The van der Waals surface area contributed by atoms with E-state index in [4.69, 9.17) is 11.6 Å². The lowest BCUT2D eigenvalue weighted by atomic mass is 10.0. The van der Waals surface area contributed by atoms with Crippen LogP contribution in [0.2, 0.25) is 0 Å². The molecular formula is C11H13ClO2. The summed E-state index contributed by atoms with van der Waals surface area (Å²) < 4.78 is 0. The summed E-state index contributed by atoms with van der Waals surface area (Å²) in [6.07, 6.45) is 1.16. The Morgan fingerprint density at radius 3 is 2.79 bits per heavy atom. The van der Waals surface area contributed by atoms with Crippen LogP contribution in [-0.4, -0.2) is 16.8 Å². The molecule has 1 aromatic rings. The maximum absolute atomic E-state index is 11.5. The first-order valence-corrected chi connectivity index (χ1v) is 5.07. The minimum Gasteiger partial charge on any atom is -0.508 e. The molecular weight excluding hydrogens is 200 g/mol. The van der Waals surface area contributed by atoms with Crippen LogP contribution in [-0.2, 0) is 0 Å². The maximum atomic E-state index is 11.5. The Morgan fingerprint density at radius 1 is 1.50 bits per heavy atom. The van der Waals surface area contributed by atoms with Gasteiger partial charge in [0, 0.05) is 17.9 Å². The van der Waals surface area contributed by atoms with Crippen LogP contribution in [0.15, 0.2) is 18.2 Å². The van der Waals surface area contributed by atoms with E-state index >= 15 is 0 Å². The van der Waals surface area contributed by atoms with E-state index < -0.39 is 0 Å². The molecule has 0 aliphatic heterocycles. The molecule has 0 bridgehead atoms. The number of aryl methyl sites for hydroxylation is 1. The van der Waals surface area contributed by atoms with Crippen molar-refractivity contribution in [3.8, 4) is 5.75 Å². The van der Waals surface area contributed by atoms with Crippen molar-refractivity contribution in [3.63, 3.8) is 0 Å². The summed E-state index contributed by atoms with van der Waals surface area (Å²) in [5.74, 6) is 0.802. The molecule has 0 saturated heterocycles. The van der Waals surface area contributed by atoms with Crippen molar-refractivity contribution >= 4 is 17.4 Å². The first-order valence-electron chi connectivity index (χ1n) is 4.54. The zero-order valence-electron chi connectivity index (χ0n) is 8.09. The van der Waals surface area contributed by atoms with Crippen LogP contribution >= 0.6 is 11.6 Å². The zero-order valence-corrected chi connectivity index (χ0v) is 8.84. The van der Waals surface area contributed by atoms with Gasteiger partial charge in [0.15, 0.2) is 5.78 Å². The molecule has 0 aromatic heterocycles. The van der Waals surface area contributed by atoms with E-state index in [0.717, 1.165) is 5.56 Å². The highest BCUT2D eigenvalue weighted by Gasteiger charge is 2.06. The zero-order chi connectivity index (χ0) is 10.6. The Morgan fingerprint density at radius 2 is 2.21 bits per heavy atom. The maximum Gasteiger partial charge on any atom is 0.162 e. The number of rotatable bonds is 4. The molecule has 0 unspecified atom stereocenters. The Hall–Kier alpha value is -1.02. The van der Waals surface area contributed by atoms with Crippen molar-refractivity contribution in [2.75, 3.05) is 5.88 Å². The number of benzene rings is 1. The van der Waals surface area contributed by atoms with Crippen LogP contribution in [0, 0.1) is 6.92 Å². The molecule has 0 aliphatic carbocycles. The molecule has 0 fully saturated rings. The van der Waals surface area contributed by atoms with Crippen LogP contribution in [0.5, 0.6) is 5.75 Å². The Kier molecular flexibility index (Phi) is 3.96. The van der Waals surface area contributed by atoms with E-state index in [2.05, 4.69) is 0 Å². The molecule has 76 valence electrons. The summed E-state index contributed by atoms with van der Waals surface area (Å²) in [7, 11) is 0. The number of Topliss-reactive ketones (excluding diaryl/α,β-unsaturated/α-hetero) is 1. The van der Waals surface area contributed by atoms with Crippen molar-refractivity contribution in [3.05, 3.63) is 29.3 Å². The van der Waals surface area contributed by atoms with Gasteiger partial charge in [-0.3, -0.25) is 4.79 Å². The molecule has 0 heterocycles. The number of halogens is 1. The van der Waals surface area contributed by atoms with Gasteiger partial charge in [0.1, 0.15) is 5.75 Å². The van der Waals surface area contributed by atoms with Gasteiger partial charge in [0.2, 0.25) is 0 Å². The third-order valence-electron chi connectivity index (χ3n) is 2.06. The van der Waals surface area contributed by atoms with Gasteiger partial charge in [0.05, 0.1) is 0 Å². The first kappa shape index (κ1) is 11.1. The lowest BCUT2D eigenvalue weighted by molar-refractivity contribution is 0.0982. The molecule has 1 aromatic carbocycles. The molecule has 2 nitrogen and oxygen atoms in total. The summed E-state index contributed by atoms with van der Waals surface area (Å²) in [6.45, 7) is 1.77. The molecule has 1 N–H and O–H groups in total. The number of carbonyl (C=O) groups is 1. The predicted molar refractivity (Wildman–Crippen MR) is 57.1 cm³/mol. The van der Waals surface area contributed by atoms with Gasteiger partial charge in [0.25, 0.3) is 0 Å². The summed E-state index contributed by atoms with van der Waals surface area (Å²) in [6, 6.07) is 4.88. The van der Waals surface area contributed by atoms with Gasteiger partial charge < -0.3 is 5.11 Å². The highest BCUT2D eigenvalue weighted by Crippen LogP contribution is 2.18. The van der Waals surface area contributed by atoms with Crippen molar-refractivity contribution in [1.29, 1.82) is 0 Å². The highest BCUT2D eigenvalue weighted by atomic mass is 35.5. The number of phenols is 1. The summed E-state index contributed by atoms with van der Waals surface area (Å²) in [5.41, 5.74) is 1.37. The summed E-state index contributed by atoms with van der Waals surface area (Å²) in [5, 5.41) is 9.27. The third kappa shape index (κ3) is 2.74. The second-order valence-corrected chi connectivity index (χ2v) is 3.59. The molecule has 0 aliphatic rings. The molecule has 3 heteroatoms. The average molecular weight is 213 g/mol. The second kappa shape index (κ2) is 5.01. The number of hydrogen-bond acceptors (Lipinski definition) is 2. The highest BCUT2D eigenvalue weighted by molar-refractivity contribution is 6.18. The number of alkyl halides is 1. The van der Waals surface area contributed by atoms with Crippen LogP contribution in [0.3, 0.4) is 0 Å². The summed E-state index contributed by atoms with van der Waals surface area (Å²) >= 11 is 5.50. The van der Waals surface area contributed by atoms with E-state index in [0.29, 0.717) is 24.3 Å². The second-order valence-electron chi connectivity index (χ2n) is 3.22. The number of phenolic OH excluding ortho intramolecular Hbond substituents is 1. The topological polar surface area (TPSA) is 37.3 Å². The molecule has 0 amide bonds. The normalized spacial score (nSPS) is 10.1. The molecule has 14 heavy (non-hydrogen) atoms. The minimum atomic E-state index is 0.0775. The van der Waals surface area contributed by atoms with Crippen molar-refractivity contribution in [2.24, 2.45) is 0 Å². The number of ketones is 1. The number of hydrogen-bond donors (Lipinski definition) is 1. The van der Waals surface area contributed by atoms with Crippen molar-refractivity contribution in [1.82, 2.24) is 0 Å². The smallest absolute Gasteiger partial charge is 0.162 e. The fraction of sp³-hybridized carbons (Fsp3) is 0.364. The quantitative estimate of drug-likeness (QED) is 0.616.